The summed E-state index contributed by atoms with van der Waals surface area (Å²) in [6.45, 7) is 11.6. The highest BCUT2D eigenvalue weighted by molar-refractivity contribution is 5.86. The highest BCUT2D eigenvalue weighted by Crippen LogP contribution is 2.18. The Morgan fingerprint density at radius 1 is 0.771 bits per heavy atom. The second-order valence-corrected chi connectivity index (χ2v) is 12.4. The van der Waals surface area contributed by atoms with Gasteiger partial charge in [-0.2, -0.15) is 0 Å². The van der Waals surface area contributed by atoms with Crippen LogP contribution in [0.4, 0.5) is 0 Å². The van der Waals surface area contributed by atoms with E-state index in [1.165, 1.54) is 0 Å². The fourth-order valence-corrected chi connectivity index (χ4v) is 5.26. The summed E-state index contributed by atoms with van der Waals surface area (Å²) in [7, 11) is 0. The molecule has 8 nitrogen and oxygen atoms in total. The molecule has 0 aromatic heterocycles. The van der Waals surface area contributed by atoms with Gasteiger partial charge in [0.1, 0.15) is 19.0 Å². The third-order valence-electron chi connectivity index (χ3n) is 8.14. The number of carbonyl (C=O) groups excluding carboxylic acids is 3. The Hall–Kier alpha value is -4.69. The van der Waals surface area contributed by atoms with Crippen LogP contribution >= 0.6 is 0 Å². The van der Waals surface area contributed by atoms with Crippen molar-refractivity contribution in [3.8, 4) is 5.75 Å². The van der Waals surface area contributed by atoms with Crippen LogP contribution in [-0.4, -0.2) is 48.2 Å². The van der Waals surface area contributed by atoms with Gasteiger partial charge in [-0.1, -0.05) is 98.8 Å². The maximum absolute atomic E-state index is 13.4. The molecule has 0 saturated heterocycles. The molecule has 4 atom stereocenters. The number of ether oxygens (including phenoxy) is 2. The highest BCUT2D eigenvalue weighted by atomic mass is 16.5. The van der Waals surface area contributed by atoms with Crippen LogP contribution in [0.25, 0.3) is 0 Å². The lowest BCUT2D eigenvalue weighted by Gasteiger charge is -2.26. The van der Waals surface area contributed by atoms with Crippen LogP contribution in [0.2, 0.25) is 0 Å². The van der Waals surface area contributed by atoms with Gasteiger partial charge in [-0.15, -0.1) is 13.2 Å². The molecule has 48 heavy (non-hydrogen) atoms. The van der Waals surface area contributed by atoms with Crippen molar-refractivity contribution < 1.29 is 29.0 Å². The van der Waals surface area contributed by atoms with Crippen LogP contribution in [0.15, 0.2) is 110 Å². The Morgan fingerprint density at radius 3 is 1.94 bits per heavy atom. The van der Waals surface area contributed by atoms with Crippen molar-refractivity contribution in [3.63, 3.8) is 0 Å². The van der Waals surface area contributed by atoms with Crippen molar-refractivity contribution in [2.24, 2.45) is 17.8 Å². The summed E-state index contributed by atoms with van der Waals surface area (Å²) in [5.74, 6) is -1.37. The molecule has 0 saturated carbocycles. The quantitative estimate of drug-likeness (QED) is 0.0962. The number of benzene rings is 3. The number of allylic oxidation sites excluding steroid dienone is 2. The van der Waals surface area contributed by atoms with E-state index in [1.807, 2.05) is 98.8 Å². The molecule has 0 aliphatic carbocycles. The Morgan fingerprint density at radius 2 is 1.35 bits per heavy atom. The number of hydrogen-bond acceptors (Lipinski definition) is 6. The molecule has 3 rings (SSSR count). The average Bonchev–Trinajstić information content (AvgIpc) is 3.09. The van der Waals surface area contributed by atoms with E-state index in [1.54, 1.807) is 12.2 Å². The molecule has 2 amide bonds. The molecule has 3 aromatic carbocycles. The molecule has 0 spiro atoms. The number of aliphatic hydroxyl groups is 1. The first-order valence-corrected chi connectivity index (χ1v) is 16.6. The molecule has 256 valence electrons. The summed E-state index contributed by atoms with van der Waals surface area (Å²) in [4.78, 5) is 39.4. The lowest BCUT2D eigenvalue weighted by molar-refractivity contribution is -0.150. The van der Waals surface area contributed by atoms with Crippen LogP contribution in [0, 0.1) is 17.8 Å². The van der Waals surface area contributed by atoms with Gasteiger partial charge in [0, 0.05) is 6.42 Å². The van der Waals surface area contributed by atoms with Gasteiger partial charge in [0.05, 0.1) is 30.5 Å². The minimum Gasteiger partial charge on any atom is -0.489 e. The largest absolute Gasteiger partial charge is 0.489 e. The van der Waals surface area contributed by atoms with Gasteiger partial charge in [-0.25, -0.2) is 0 Å². The van der Waals surface area contributed by atoms with Gasteiger partial charge in [-0.3, -0.25) is 14.4 Å². The molecule has 0 bridgehead atoms. The monoisotopic (exact) mass is 654 g/mol. The fraction of sp³-hybridized carbons (Fsp3) is 0.375. The number of carbonyl (C=O) groups is 3. The van der Waals surface area contributed by atoms with E-state index in [-0.39, 0.29) is 55.7 Å². The topological polar surface area (TPSA) is 114 Å². The lowest BCUT2D eigenvalue weighted by atomic mass is 9.96. The van der Waals surface area contributed by atoms with Crippen molar-refractivity contribution >= 4 is 17.8 Å². The molecule has 3 aromatic rings. The van der Waals surface area contributed by atoms with Crippen molar-refractivity contribution in [2.75, 3.05) is 13.2 Å². The minimum absolute atomic E-state index is 0.0142. The summed E-state index contributed by atoms with van der Waals surface area (Å²) in [5, 5.41) is 15.9. The number of rotatable bonds is 21. The Bertz CT molecular complexity index is 1430. The second-order valence-electron chi connectivity index (χ2n) is 12.4. The maximum Gasteiger partial charge on any atom is 0.309 e. The van der Waals surface area contributed by atoms with Crippen molar-refractivity contribution in [1.29, 1.82) is 0 Å². The van der Waals surface area contributed by atoms with Crippen LogP contribution in [0.3, 0.4) is 0 Å². The summed E-state index contributed by atoms with van der Waals surface area (Å²) in [6, 6.07) is 26.2. The zero-order chi connectivity index (χ0) is 34.7. The predicted molar refractivity (Wildman–Crippen MR) is 189 cm³/mol. The molecule has 0 unspecified atom stereocenters. The fourth-order valence-electron chi connectivity index (χ4n) is 5.26. The van der Waals surface area contributed by atoms with Gasteiger partial charge in [0.2, 0.25) is 11.8 Å². The van der Waals surface area contributed by atoms with E-state index in [2.05, 4.69) is 23.8 Å². The van der Waals surface area contributed by atoms with Gasteiger partial charge >= 0.3 is 5.97 Å². The molecule has 3 N–H and O–H groups in total. The Kier molecular flexibility index (Phi) is 16.1. The standard InChI is InChI=1S/C40H50N2O6/c1-5-13-33(39(45)42-37(29(3)4)28-48-40(46)34(14-6-2)23-30-15-9-7-10-16-30)25-38(44)41-35(26-43)24-31-19-21-36(22-20-31)47-27-32-17-11-8-12-18-32/h5-12,15-22,29,33-35,37,43H,1-2,13-14,23-28H2,3-4H3,(H,41,44)(H,42,45)/t33-,34+,35+,37-/m1/s1. The average molecular weight is 655 g/mol. The normalized spacial score (nSPS) is 13.4. The van der Waals surface area contributed by atoms with Crippen molar-refractivity contribution in [3.05, 3.63) is 127 Å². The highest BCUT2D eigenvalue weighted by Gasteiger charge is 2.27. The number of nitrogens with one attached hydrogen (secondary N) is 2. The van der Waals surface area contributed by atoms with Gasteiger partial charge in [0.15, 0.2) is 0 Å². The Balaban J connectivity index is 1.51. The van der Waals surface area contributed by atoms with Crippen LogP contribution in [0.5, 0.6) is 5.75 Å². The van der Waals surface area contributed by atoms with Crippen molar-refractivity contribution in [2.45, 2.75) is 64.6 Å². The maximum atomic E-state index is 13.4. The van der Waals surface area contributed by atoms with Crippen LogP contribution in [-0.2, 0) is 38.6 Å². The zero-order valence-corrected chi connectivity index (χ0v) is 28.2. The van der Waals surface area contributed by atoms with Crippen LogP contribution in [0.1, 0.15) is 49.8 Å². The minimum atomic E-state index is -0.675. The molecule has 8 heteroatoms. The van der Waals surface area contributed by atoms with Gasteiger partial charge in [-0.05, 0) is 60.4 Å². The number of hydrogen-bond donors (Lipinski definition) is 3. The molecule has 0 fully saturated rings. The first-order chi connectivity index (χ1) is 23.2. The number of aliphatic hydroxyl groups excluding tert-OH is 1. The summed E-state index contributed by atoms with van der Waals surface area (Å²) >= 11 is 0. The SMILES string of the molecule is C=CC[C@H](CC(=O)N[C@H](CO)Cc1ccc(OCc2ccccc2)cc1)C(=O)N[C@H](COC(=O)[C@@H](CC=C)Cc1ccccc1)C(C)C. The van der Waals surface area contributed by atoms with Crippen LogP contribution < -0.4 is 15.4 Å². The molecular formula is C40H50N2O6. The molecule has 0 radical (unpaired) electrons. The van der Waals surface area contributed by atoms with Crippen molar-refractivity contribution in [1.82, 2.24) is 10.6 Å². The van der Waals surface area contributed by atoms with E-state index < -0.39 is 18.0 Å². The van der Waals surface area contributed by atoms with E-state index in [4.69, 9.17) is 9.47 Å². The summed E-state index contributed by atoms with van der Waals surface area (Å²) in [6.07, 6.45) is 4.95. The third kappa shape index (κ3) is 13.2. The molecule has 0 heterocycles. The first kappa shape index (κ1) is 37.8. The van der Waals surface area contributed by atoms with E-state index in [0.717, 1.165) is 22.4 Å². The van der Waals surface area contributed by atoms with E-state index in [9.17, 15) is 19.5 Å². The van der Waals surface area contributed by atoms with E-state index in [0.29, 0.717) is 25.9 Å². The second kappa shape index (κ2) is 20.5. The first-order valence-electron chi connectivity index (χ1n) is 16.6. The molecule has 0 aliphatic rings. The molecule has 0 aliphatic heterocycles. The van der Waals surface area contributed by atoms with Gasteiger partial charge in [0.25, 0.3) is 0 Å². The smallest absolute Gasteiger partial charge is 0.309 e. The predicted octanol–water partition coefficient (Wildman–Crippen LogP) is 5.99. The van der Waals surface area contributed by atoms with E-state index >= 15 is 0 Å². The summed E-state index contributed by atoms with van der Waals surface area (Å²) in [5.41, 5.74) is 3.03. The van der Waals surface area contributed by atoms with Gasteiger partial charge < -0.3 is 25.2 Å². The lowest BCUT2D eigenvalue weighted by Crippen LogP contribution is -2.47. The molecular weight excluding hydrogens is 604 g/mol. The Labute approximate surface area is 285 Å². The summed E-state index contributed by atoms with van der Waals surface area (Å²) < 4.78 is 11.6. The zero-order valence-electron chi connectivity index (χ0n) is 28.2. The number of amides is 2. The number of esters is 1. The third-order valence-corrected chi connectivity index (χ3v) is 8.14.